The summed E-state index contributed by atoms with van der Waals surface area (Å²) in [4.78, 5) is 16.4. The second kappa shape index (κ2) is 5.07. The van der Waals surface area contributed by atoms with E-state index in [4.69, 9.17) is 0 Å². The third kappa shape index (κ3) is 2.45. The van der Waals surface area contributed by atoms with Crippen molar-refractivity contribution < 1.29 is 0 Å². The summed E-state index contributed by atoms with van der Waals surface area (Å²) >= 11 is 0. The van der Waals surface area contributed by atoms with Gasteiger partial charge in [-0.1, -0.05) is 6.92 Å². The Kier molecular flexibility index (Phi) is 4.03. The largest absolute Gasteiger partial charge is 0.319 e. The predicted octanol–water partition coefficient (Wildman–Crippen LogP) is 0.413. The number of nitrogens with one attached hydrogen (secondary N) is 1. The van der Waals surface area contributed by atoms with Crippen LogP contribution < -0.4 is 10.9 Å². The van der Waals surface area contributed by atoms with Gasteiger partial charge in [-0.05, 0) is 20.4 Å². The zero-order chi connectivity index (χ0) is 11.4. The van der Waals surface area contributed by atoms with E-state index in [9.17, 15) is 4.79 Å². The highest BCUT2D eigenvalue weighted by Crippen LogP contribution is 2.02. The van der Waals surface area contributed by atoms with Crippen molar-refractivity contribution in [2.24, 2.45) is 7.05 Å². The molecule has 1 N–H and O–H groups in total. The number of likely N-dealkylation sites (N-methyl/N-ethyl adjacent to an activating group) is 1. The zero-order valence-electron chi connectivity index (χ0n) is 9.92. The first kappa shape index (κ1) is 11.9. The van der Waals surface area contributed by atoms with Gasteiger partial charge in [0.25, 0.3) is 5.56 Å². The molecule has 15 heavy (non-hydrogen) atoms. The molecule has 1 aromatic rings. The lowest BCUT2D eigenvalue weighted by atomic mass is 10.2. The number of nitrogens with zero attached hydrogens (tertiary/aromatic N) is 2. The molecule has 0 amide bonds. The van der Waals surface area contributed by atoms with Crippen LogP contribution in [0.5, 0.6) is 0 Å². The Labute approximate surface area is 90.3 Å². The second-order valence-corrected chi connectivity index (χ2v) is 3.66. The number of aryl methyl sites for hydroxylation is 1. The minimum absolute atomic E-state index is 0.0936. The Bertz CT molecular complexity index is 396. The summed E-state index contributed by atoms with van der Waals surface area (Å²) in [6.07, 6.45) is 1.53. The molecule has 0 saturated heterocycles. The van der Waals surface area contributed by atoms with Crippen LogP contribution in [0.2, 0.25) is 0 Å². The van der Waals surface area contributed by atoms with E-state index in [1.807, 2.05) is 20.9 Å². The molecule has 1 aromatic heterocycles. The van der Waals surface area contributed by atoms with E-state index >= 15 is 0 Å². The highest BCUT2D eigenvalue weighted by Gasteiger charge is 2.09. The first-order valence-electron chi connectivity index (χ1n) is 5.31. The normalized spacial score (nSPS) is 10.7. The van der Waals surface area contributed by atoms with Crippen LogP contribution in [-0.2, 0) is 19.9 Å². The average Bonchev–Trinajstić information content (AvgIpc) is 2.22. The summed E-state index contributed by atoms with van der Waals surface area (Å²) in [5.41, 5.74) is 1.79. The van der Waals surface area contributed by atoms with Crippen LogP contribution in [0.15, 0.2) is 4.79 Å². The molecule has 0 fully saturated rings. The molecule has 0 spiro atoms. The van der Waals surface area contributed by atoms with Crippen LogP contribution in [-0.4, -0.2) is 23.1 Å². The van der Waals surface area contributed by atoms with Crippen LogP contribution in [0.25, 0.3) is 0 Å². The maximum Gasteiger partial charge on any atom is 0.256 e. The van der Waals surface area contributed by atoms with Crippen LogP contribution >= 0.6 is 0 Å². The molecule has 0 bridgehead atoms. The summed E-state index contributed by atoms with van der Waals surface area (Å²) in [5.74, 6) is 0.851. The van der Waals surface area contributed by atoms with Gasteiger partial charge in [0, 0.05) is 31.3 Å². The fourth-order valence-electron chi connectivity index (χ4n) is 1.68. The van der Waals surface area contributed by atoms with Gasteiger partial charge in [-0.25, -0.2) is 4.98 Å². The van der Waals surface area contributed by atoms with Gasteiger partial charge in [-0.3, -0.25) is 9.36 Å². The van der Waals surface area contributed by atoms with Gasteiger partial charge in [0.2, 0.25) is 0 Å². The Balaban J connectivity index is 3.16. The van der Waals surface area contributed by atoms with Crippen molar-refractivity contribution in [3.8, 4) is 0 Å². The number of aromatic nitrogens is 2. The van der Waals surface area contributed by atoms with Gasteiger partial charge in [0.15, 0.2) is 0 Å². The van der Waals surface area contributed by atoms with E-state index in [1.54, 1.807) is 11.6 Å². The Morgan fingerprint density at radius 1 is 1.47 bits per heavy atom. The van der Waals surface area contributed by atoms with Crippen molar-refractivity contribution >= 4 is 0 Å². The van der Waals surface area contributed by atoms with Gasteiger partial charge >= 0.3 is 0 Å². The molecule has 1 rings (SSSR count). The van der Waals surface area contributed by atoms with Crippen molar-refractivity contribution in [1.82, 2.24) is 14.9 Å². The quantitative estimate of drug-likeness (QED) is 0.781. The molecule has 0 unspecified atom stereocenters. The fourth-order valence-corrected chi connectivity index (χ4v) is 1.68. The van der Waals surface area contributed by atoms with Gasteiger partial charge in [-0.2, -0.15) is 0 Å². The van der Waals surface area contributed by atoms with Crippen LogP contribution in [0.4, 0.5) is 0 Å². The monoisotopic (exact) mass is 209 g/mol. The third-order valence-electron chi connectivity index (χ3n) is 2.64. The first-order chi connectivity index (χ1) is 7.11. The van der Waals surface area contributed by atoms with Gasteiger partial charge < -0.3 is 5.32 Å². The summed E-state index contributed by atoms with van der Waals surface area (Å²) < 4.78 is 1.66. The molecule has 0 saturated carbocycles. The van der Waals surface area contributed by atoms with E-state index in [0.717, 1.165) is 36.5 Å². The molecule has 0 atom stereocenters. The summed E-state index contributed by atoms with van der Waals surface area (Å²) in [6, 6.07) is 0. The highest BCUT2D eigenvalue weighted by molar-refractivity contribution is 5.17. The second-order valence-electron chi connectivity index (χ2n) is 3.66. The number of hydrogen-bond acceptors (Lipinski definition) is 3. The minimum atomic E-state index is 0.0936. The number of hydrogen-bond donors (Lipinski definition) is 1. The molecule has 1 heterocycles. The molecule has 0 aliphatic rings. The van der Waals surface area contributed by atoms with Crippen molar-refractivity contribution in [3.05, 3.63) is 27.4 Å². The lowest BCUT2D eigenvalue weighted by Crippen LogP contribution is -2.28. The van der Waals surface area contributed by atoms with Crippen molar-refractivity contribution in [3.63, 3.8) is 0 Å². The van der Waals surface area contributed by atoms with Crippen LogP contribution in [0, 0.1) is 6.92 Å². The Morgan fingerprint density at radius 2 is 2.13 bits per heavy atom. The van der Waals surface area contributed by atoms with E-state index in [1.165, 1.54) is 0 Å². The Hall–Kier alpha value is -1.16. The maximum atomic E-state index is 11.9. The standard InChI is InChI=1S/C11H19N3O/c1-5-9-8(2)13-10(6-7-12-3)14(4)11(9)15/h12H,5-7H2,1-4H3. The third-order valence-corrected chi connectivity index (χ3v) is 2.64. The van der Waals surface area contributed by atoms with Crippen molar-refractivity contribution in [1.29, 1.82) is 0 Å². The van der Waals surface area contributed by atoms with Gasteiger partial charge in [0.05, 0.1) is 0 Å². The maximum absolute atomic E-state index is 11.9. The molecule has 4 nitrogen and oxygen atoms in total. The topological polar surface area (TPSA) is 46.9 Å². The highest BCUT2D eigenvalue weighted by atomic mass is 16.1. The van der Waals surface area contributed by atoms with Crippen LogP contribution in [0.1, 0.15) is 24.0 Å². The zero-order valence-corrected chi connectivity index (χ0v) is 9.92. The van der Waals surface area contributed by atoms with E-state index < -0.39 is 0 Å². The lowest BCUT2D eigenvalue weighted by molar-refractivity contribution is 0.666. The van der Waals surface area contributed by atoms with Crippen molar-refractivity contribution in [2.75, 3.05) is 13.6 Å². The van der Waals surface area contributed by atoms with E-state index in [0.29, 0.717) is 0 Å². The summed E-state index contributed by atoms with van der Waals surface area (Å²) in [5, 5.41) is 3.06. The molecule has 0 aliphatic heterocycles. The average molecular weight is 209 g/mol. The molecule has 0 radical (unpaired) electrons. The molecule has 0 aliphatic carbocycles. The molecular weight excluding hydrogens is 190 g/mol. The number of rotatable bonds is 4. The summed E-state index contributed by atoms with van der Waals surface area (Å²) in [6.45, 7) is 4.73. The van der Waals surface area contributed by atoms with Gasteiger partial charge in [-0.15, -0.1) is 0 Å². The van der Waals surface area contributed by atoms with Gasteiger partial charge in [0.1, 0.15) is 5.82 Å². The van der Waals surface area contributed by atoms with E-state index in [-0.39, 0.29) is 5.56 Å². The SMILES string of the molecule is CCc1c(C)nc(CCNC)n(C)c1=O. The summed E-state index contributed by atoms with van der Waals surface area (Å²) in [7, 11) is 3.68. The minimum Gasteiger partial charge on any atom is -0.319 e. The lowest BCUT2D eigenvalue weighted by Gasteiger charge is -2.10. The Morgan fingerprint density at radius 3 is 2.67 bits per heavy atom. The van der Waals surface area contributed by atoms with Crippen LogP contribution in [0.3, 0.4) is 0 Å². The van der Waals surface area contributed by atoms with E-state index in [2.05, 4.69) is 10.3 Å². The van der Waals surface area contributed by atoms with Crippen molar-refractivity contribution in [2.45, 2.75) is 26.7 Å². The fraction of sp³-hybridized carbons (Fsp3) is 0.636. The molecular formula is C11H19N3O. The smallest absolute Gasteiger partial charge is 0.256 e. The molecule has 84 valence electrons. The predicted molar refractivity (Wildman–Crippen MR) is 61.2 cm³/mol. The molecule has 0 aromatic carbocycles. The first-order valence-corrected chi connectivity index (χ1v) is 5.31. The molecule has 4 heteroatoms.